The van der Waals surface area contributed by atoms with E-state index in [9.17, 15) is 4.79 Å². The molecule has 1 atom stereocenters. The van der Waals surface area contributed by atoms with Gasteiger partial charge >= 0.3 is 0 Å². The molecule has 1 heterocycles. The number of hydrogen-bond donors (Lipinski definition) is 3. The number of benzene rings is 1. The van der Waals surface area contributed by atoms with E-state index >= 15 is 0 Å². The molecule has 1 aromatic carbocycles. The third kappa shape index (κ3) is 4.86. The van der Waals surface area contributed by atoms with Crippen molar-refractivity contribution in [3.8, 4) is 0 Å². The van der Waals surface area contributed by atoms with E-state index in [0.29, 0.717) is 25.3 Å². The summed E-state index contributed by atoms with van der Waals surface area (Å²) >= 11 is 0. The van der Waals surface area contributed by atoms with Crippen molar-refractivity contribution < 1.29 is 9.90 Å². The van der Waals surface area contributed by atoms with Gasteiger partial charge in [-0.25, -0.2) is 4.98 Å². The number of nitrogens with zero attached hydrogens (tertiary/aromatic N) is 1. The summed E-state index contributed by atoms with van der Waals surface area (Å²) < 4.78 is 0. The van der Waals surface area contributed by atoms with Crippen LogP contribution in [0.25, 0.3) is 11.0 Å². The molecule has 2 aromatic rings. The first-order chi connectivity index (χ1) is 10.2. The van der Waals surface area contributed by atoms with Crippen LogP contribution in [0.4, 0.5) is 0 Å². The first-order valence-electron chi connectivity index (χ1n) is 7.50. The normalized spacial score (nSPS) is 12.5. The Morgan fingerprint density at radius 1 is 1.43 bits per heavy atom. The lowest BCUT2D eigenvalue weighted by Gasteiger charge is -2.08. The predicted octanol–water partition coefficient (Wildman–Crippen LogP) is 2.02. The molecule has 21 heavy (non-hydrogen) atoms. The monoisotopic (exact) mass is 289 g/mol. The number of carbonyl (C=O) groups excluding carboxylic acids is 1. The molecule has 3 N–H and O–H groups in total. The fraction of sp³-hybridized carbons (Fsp3) is 0.500. The Kier molecular flexibility index (Phi) is 5.75. The van der Waals surface area contributed by atoms with Crippen LogP contribution < -0.4 is 5.32 Å². The summed E-state index contributed by atoms with van der Waals surface area (Å²) in [5.41, 5.74) is 1.94. The van der Waals surface area contributed by atoms with Crippen LogP contribution in [0.15, 0.2) is 24.3 Å². The van der Waals surface area contributed by atoms with Gasteiger partial charge in [-0.1, -0.05) is 19.1 Å². The first kappa shape index (κ1) is 15.5. The third-order valence-corrected chi connectivity index (χ3v) is 3.53. The Hall–Kier alpha value is -1.88. The zero-order valence-corrected chi connectivity index (χ0v) is 12.4. The molecule has 0 aliphatic heterocycles. The van der Waals surface area contributed by atoms with E-state index in [-0.39, 0.29) is 12.5 Å². The van der Waals surface area contributed by atoms with E-state index in [2.05, 4.69) is 15.3 Å². The van der Waals surface area contributed by atoms with Crippen LogP contribution in [0.1, 0.15) is 32.0 Å². The summed E-state index contributed by atoms with van der Waals surface area (Å²) in [7, 11) is 0. The number of aryl methyl sites for hydroxylation is 1. The van der Waals surface area contributed by atoms with Gasteiger partial charge in [-0.2, -0.15) is 0 Å². The maximum Gasteiger partial charge on any atom is 0.220 e. The number of H-pyrrole nitrogens is 1. The molecule has 0 fully saturated rings. The van der Waals surface area contributed by atoms with Gasteiger partial charge in [-0.15, -0.1) is 0 Å². The fourth-order valence-electron chi connectivity index (χ4n) is 2.21. The van der Waals surface area contributed by atoms with Crippen LogP contribution >= 0.6 is 0 Å². The molecule has 0 saturated carbocycles. The second-order valence-electron chi connectivity index (χ2n) is 5.48. The minimum absolute atomic E-state index is 0.0482. The highest BCUT2D eigenvalue weighted by Gasteiger charge is 2.06. The topological polar surface area (TPSA) is 78.0 Å². The van der Waals surface area contributed by atoms with Gasteiger partial charge in [0.05, 0.1) is 11.0 Å². The van der Waals surface area contributed by atoms with Crippen LogP contribution in [0.3, 0.4) is 0 Å². The average Bonchev–Trinajstić information content (AvgIpc) is 2.92. The molecule has 1 aromatic heterocycles. The molecule has 2 rings (SSSR count). The van der Waals surface area contributed by atoms with E-state index in [1.807, 2.05) is 31.2 Å². The van der Waals surface area contributed by atoms with Gasteiger partial charge in [0.15, 0.2) is 0 Å². The predicted molar refractivity (Wildman–Crippen MR) is 82.9 cm³/mol. The van der Waals surface area contributed by atoms with E-state index in [4.69, 9.17) is 5.11 Å². The Labute approximate surface area is 124 Å². The number of aliphatic hydroxyl groups excluding tert-OH is 1. The van der Waals surface area contributed by atoms with Gasteiger partial charge in [-0.05, 0) is 30.9 Å². The second-order valence-corrected chi connectivity index (χ2v) is 5.48. The second kappa shape index (κ2) is 7.78. The summed E-state index contributed by atoms with van der Waals surface area (Å²) in [6, 6.07) is 7.85. The lowest BCUT2D eigenvalue weighted by molar-refractivity contribution is -0.121. The van der Waals surface area contributed by atoms with Gasteiger partial charge in [0.25, 0.3) is 0 Å². The number of carbonyl (C=O) groups is 1. The number of aromatic nitrogens is 2. The number of aromatic amines is 1. The van der Waals surface area contributed by atoms with Gasteiger partial charge in [0, 0.05) is 26.0 Å². The molecule has 0 bridgehead atoms. The largest absolute Gasteiger partial charge is 0.396 e. The van der Waals surface area contributed by atoms with Crippen LogP contribution in [0.5, 0.6) is 0 Å². The standard InChI is InChI=1S/C16H23N3O2/c1-12(11-20)5-4-10-17-16(21)9-8-15-18-13-6-2-3-7-14(13)19-15/h2-3,6-7,12,20H,4-5,8-11H2,1H3,(H,17,21)(H,18,19). The van der Waals surface area contributed by atoms with Crippen molar-refractivity contribution in [3.63, 3.8) is 0 Å². The molecule has 0 spiro atoms. The minimum atomic E-state index is 0.0482. The number of hydrogen-bond acceptors (Lipinski definition) is 3. The van der Waals surface area contributed by atoms with Crippen molar-refractivity contribution in [1.82, 2.24) is 15.3 Å². The van der Waals surface area contributed by atoms with Crippen LogP contribution in [0.2, 0.25) is 0 Å². The van der Waals surface area contributed by atoms with Crippen LogP contribution in [0, 0.1) is 5.92 Å². The van der Waals surface area contributed by atoms with E-state index < -0.39 is 0 Å². The number of rotatable bonds is 8. The van der Waals surface area contributed by atoms with E-state index in [1.165, 1.54) is 0 Å². The molecule has 0 aliphatic rings. The molecule has 0 aliphatic carbocycles. The Morgan fingerprint density at radius 3 is 3.00 bits per heavy atom. The van der Waals surface area contributed by atoms with Crippen molar-refractivity contribution >= 4 is 16.9 Å². The van der Waals surface area contributed by atoms with Gasteiger partial charge < -0.3 is 15.4 Å². The van der Waals surface area contributed by atoms with Crippen LogP contribution in [-0.2, 0) is 11.2 Å². The average molecular weight is 289 g/mol. The zero-order valence-electron chi connectivity index (χ0n) is 12.4. The number of aliphatic hydroxyl groups is 1. The first-order valence-corrected chi connectivity index (χ1v) is 7.50. The third-order valence-electron chi connectivity index (χ3n) is 3.53. The molecule has 0 saturated heterocycles. The molecule has 5 heteroatoms. The van der Waals surface area contributed by atoms with E-state index in [1.54, 1.807) is 0 Å². The minimum Gasteiger partial charge on any atom is -0.396 e. The summed E-state index contributed by atoms with van der Waals surface area (Å²) in [6.45, 7) is 2.88. The molecular weight excluding hydrogens is 266 g/mol. The van der Waals surface area contributed by atoms with Crippen LogP contribution in [-0.4, -0.2) is 34.1 Å². The zero-order chi connectivity index (χ0) is 15.1. The smallest absolute Gasteiger partial charge is 0.220 e. The maximum absolute atomic E-state index is 11.7. The summed E-state index contributed by atoms with van der Waals surface area (Å²) in [4.78, 5) is 19.4. The summed E-state index contributed by atoms with van der Waals surface area (Å²) in [5.74, 6) is 1.20. The van der Waals surface area contributed by atoms with Crippen molar-refractivity contribution in [3.05, 3.63) is 30.1 Å². The highest BCUT2D eigenvalue weighted by atomic mass is 16.3. The summed E-state index contributed by atoms with van der Waals surface area (Å²) in [6.07, 6.45) is 2.89. The maximum atomic E-state index is 11.7. The van der Waals surface area contributed by atoms with Gasteiger partial charge in [0.1, 0.15) is 5.82 Å². The molecule has 1 unspecified atom stereocenters. The van der Waals surface area contributed by atoms with Gasteiger partial charge in [-0.3, -0.25) is 4.79 Å². The SMILES string of the molecule is CC(CO)CCCNC(=O)CCc1nc2ccccc2[nH]1. The number of imidazole rings is 1. The molecule has 5 nitrogen and oxygen atoms in total. The van der Waals surface area contributed by atoms with Crippen molar-refractivity contribution in [2.75, 3.05) is 13.2 Å². The van der Waals surface area contributed by atoms with Crippen molar-refractivity contribution in [2.24, 2.45) is 5.92 Å². The number of amides is 1. The number of nitrogens with one attached hydrogen (secondary N) is 2. The molecular formula is C16H23N3O2. The fourth-order valence-corrected chi connectivity index (χ4v) is 2.21. The number of para-hydroxylation sites is 2. The quantitative estimate of drug-likeness (QED) is 0.651. The molecule has 114 valence electrons. The Bertz CT molecular complexity index is 547. The molecule has 0 radical (unpaired) electrons. The Balaban J connectivity index is 1.69. The van der Waals surface area contributed by atoms with E-state index in [0.717, 1.165) is 29.7 Å². The Morgan fingerprint density at radius 2 is 2.24 bits per heavy atom. The summed E-state index contributed by atoms with van der Waals surface area (Å²) in [5, 5.41) is 11.8. The highest BCUT2D eigenvalue weighted by molar-refractivity contribution is 5.77. The lowest BCUT2D eigenvalue weighted by Crippen LogP contribution is -2.25. The lowest BCUT2D eigenvalue weighted by atomic mass is 10.1. The molecule has 1 amide bonds. The number of fused-ring (bicyclic) bond motifs is 1. The van der Waals surface area contributed by atoms with Crippen molar-refractivity contribution in [2.45, 2.75) is 32.6 Å². The highest BCUT2D eigenvalue weighted by Crippen LogP contribution is 2.11. The van der Waals surface area contributed by atoms with Gasteiger partial charge in [0.2, 0.25) is 5.91 Å². The van der Waals surface area contributed by atoms with Crippen molar-refractivity contribution in [1.29, 1.82) is 0 Å².